The van der Waals surface area contributed by atoms with E-state index in [1.54, 1.807) is 18.2 Å². The van der Waals surface area contributed by atoms with Crippen molar-refractivity contribution in [3.8, 4) is 34.1 Å². The summed E-state index contributed by atoms with van der Waals surface area (Å²) in [5.74, 6) is -0.211. The van der Waals surface area contributed by atoms with Crippen LogP contribution in [0.4, 0.5) is 8.78 Å². The molecule has 5 nitrogen and oxygen atoms in total. The zero-order valence-electron chi connectivity index (χ0n) is 13.5. The second kappa shape index (κ2) is 6.90. The number of hydrogen-bond donors (Lipinski definition) is 1. The lowest BCUT2D eigenvalue weighted by Crippen LogP contribution is -1.93. The van der Waals surface area contributed by atoms with Crippen LogP contribution in [0.25, 0.3) is 22.6 Å². The quantitative estimate of drug-likeness (QED) is 0.761. The SMILES string of the molecule is COc1cc(OC)cc(-c2onc(-c3ccc(F)cc3F)c2CO)c1. The summed E-state index contributed by atoms with van der Waals surface area (Å²) in [7, 11) is 3.01. The third kappa shape index (κ3) is 3.18. The Morgan fingerprint density at radius 2 is 1.72 bits per heavy atom. The molecule has 1 aromatic heterocycles. The van der Waals surface area contributed by atoms with E-state index in [9.17, 15) is 13.9 Å². The van der Waals surface area contributed by atoms with Crippen LogP contribution in [0.5, 0.6) is 11.5 Å². The van der Waals surface area contributed by atoms with Crippen LogP contribution in [0.2, 0.25) is 0 Å². The monoisotopic (exact) mass is 347 g/mol. The molecule has 3 rings (SSSR count). The van der Waals surface area contributed by atoms with Crippen molar-refractivity contribution >= 4 is 0 Å². The number of aromatic nitrogens is 1. The fraction of sp³-hybridized carbons (Fsp3) is 0.167. The van der Waals surface area contributed by atoms with Gasteiger partial charge in [0.15, 0.2) is 5.76 Å². The number of nitrogens with zero attached hydrogens (tertiary/aromatic N) is 1. The lowest BCUT2D eigenvalue weighted by molar-refractivity contribution is 0.281. The van der Waals surface area contributed by atoms with Crippen LogP contribution < -0.4 is 9.47 Å². The highest BCUT2D eigenvalue weighted by Gasteiger charge is 2.22. The van der Waals surface area contributed by atoms with Crippen molar-refractivity contribution in [3.05, 3.63) is 53.6 Å². The van der Waals surface area contributed by atoms with Crippen LogP contribution in [0, 0.1) is 11.6 Å². The summed E-state index contributed by atoms with van der Waals surface area (Å²) in [6.45, 7) is -0.440. The van der Waals surface area contributed by atoms with E-state index in [-0.39, 0.29) is 22.6 Å². The number of aliphatic hydroxyl groups is 1. The molecule has 0 fully saturated rings. The molecule has 0 saturated carbocycles. The van der Waals surface area contributed by atoms with Crippen LogP contribution in [0.3, 0.4) is 0 Å². The van der Waals surface area contributed by atoms with Gasteiger partial charge in [-0.05, 0) is 24.3 Å². The molecule has 0 unspecified atom stereocenters. The average Bonchev–Trinajstić information content (AvgIpc) is 3.04. The van der Waals surface area contributed by atoms with Gasteiger partial charge in [-0.1, -0.05) is 5.16 Å². The van der Waals surface area contributed by atoms with E-state index < -0.39 is 18.2 Å². The molecule has 0 radical (unpaired) electrons. The van der Waals surface area contributed by atoms with Crippen molar-refractivity contribution in [1.29, 1.82) is 0 Å². The summed E-state index contributed by atoms with van der Waals surface area (Å²) in [4.78, 5) is 0. The first-order valence-electron chi connectivity index (χ1n) is 7.35. The minimum atomic E-state index is -0.794. The summed E-state index contributed by atoms with van der Waals surface area (Å²) in [6, 6.07) is 8.14. The highest BCUT2D eigenvalue weighted by molar-refractivity contribution is 5.74. The molecular weight excluding hydrogens is 332 g/mol. The molecule has 1 heterocycles. The molecule has 0 bridgehead atoms. The zero-order valence-corrected chi connectivity index (χ0v) is 13.5. The Morgan fingerprint density at radius 1 is 1.04 bits per heavy atom. The van der Waals surface area contributed by atoms with Crippen molar-refractivity contribution in [1.82, 2.24) is 5.16 Å². The fourth-order valence-electron chi connectivity index (χ4n) is 2.51. The van der Waals surface area contributed by atoms with Gasteiger partial charge in [-0.3, -0.25) is 0 Å². The third-order valence-corrected chi connectivity index (χ3v) is 3.75. The molecule has 1 N–H and O–H groups in total. The first kappa shape index (κ1) is 16.9. The lowest BCUT2D eigenvalue weighted by atomic mass is 10.0. The highest BCUT2D eigenvalue weighted by atomic mass is 19.1. The van der Waals surface area contributed by atoms with Gasteiger partial charge in [-0.2, -0.15) is 0 Å². The summed E-state index contributed by atoms with van der Waals surface area (Å²) in [5, 5.41) is 13.6. The van der Waals surface area contributed by atoms with Gasteiger partial charge < -0.3 is 19.1 Å². The lowest BCUT2D eigenvalue weighted by Gasteiger charge is -2.07. The van der Waals surface area contributed by atoms with Gasteiger partial charge in [0.1, 0.15) is 28.8 Å². The van der Waals surface area contributed by atoms with E-state index in [2.05, 4.69) is 5.16 Å². The molecule has 0 aliphatic carbocycles. The molecule has 0 aliphatic rings. The van der Waals surface area contributed by atoms with Crippen molar-refractivity contribution in [2.24, 2.45) is 0 Å². The largest absolute Gasteiger partial charge is 0.497 e. The van der Waals surface area contributed by atoms with E-state index in [0.717, 1.165) is 12.1 Å². The van der Waals surface area contributed by atoms with Crippen LogP contribution in [0.15, 0.2) is 40.9 Å². The molecule has 0 amide bonds. The van der Waals surface area contributed by atoms with Gasteiger partial charge in [0.2, 0.25) is 0 Å². The number of rotatable bonds is 5. The molecule has 130 valence electrons. The predicted octanol–water partition coefficient (Wildman–Crippen LogP) is 3.80. The summed E-state index contributed by atoms with van der Waals surface area (Å²) < 4.78 is 42.9. The Morgan fingerprint density at radius 3 is 2.28 bits per heavy atom. The molecule has 0 spiro atoms. The summed E-state index contributed by atoms with van der Waals surface area (Å²) in [5.41, 5.74) is 0.967. The molecule has 0 atom stereocenters. The van der Waals surface area contributed by atoms with Crippen LogP contribution in [-0.4, -0.2) is 24.5 Å². The molecule has 7 heteroatoms. The molecule has 25 heavy (non-hydrogen) atoms. The number of halogens is 2. The minimum absolute atomic E-state index is 0.0373. The smallest absolute Gasteiger partial charge is 0.173 e. The minimum Gasteiger partial charge on any atom is -0.497 e. The molecule has 0 saturated heterocycles. The third-order valence-electron chi connectivity index (χ3n) is 3.75. The van der Waals surface area contributed by atoms with Gasteiger partial charge in [0.25, 0.3) is 0 Å². The van der Waals surface area contributed by atoms with Crippen molar-refractivity contribution in [2.75, 3.05) is 14.2 Å². The Bertz CT molecular complexity index is 886. The second-order valence-corrected chi connectivity index (χ2v) is 5.22. The first-order valence-corrected chi connectivity index (χ1v) is 7.35. The van der Waals surface area contributed by atoms with Gasteiger partial charge in [0, 0.05) is 23.3 Å². The van der Waals surface area contributed by atoms with Gasteiger partial charge >= 0.3 is 0 Å². The van der Waals surface area contributed by atoms with E-state index in [1.165, 1.54) is 20.3 Å². The summed E-state index contributed by atoms with van der Waals surface area (Å²) >= 11 is 0. The first-order chi connectivity index (χ1) is 12.1. The number of methoxy groups -OCH3 is 2. The molecule has 3 aromatic rings. The maximum Gasteiger partial charge on any atom is 0.173 e. The van der Waals surface area contributed by atoms with Gasteiger partial charge in [-0.25, -0.2) is 8.78 Å². The van der Waals surface area contributed by atoms with Gasteiger partial charge in [-0.15, -0.1) is 0 Å². The fourth-order valence-corrected chi connectivity index (χ4v) is 2.51. The predicted molar refractivity (Wildman–Crippen MR) is 86.3 cm³/mol. The molecule has 2 aromatic carbocycles. The van der Waals surface area contributed by atoms with E-state index in [4.69, 9.17) is 14.0 Å². The molecular formula is C18H15F2NO4. The number of aliphatic hydroxyl groups excluding tert-OH is 1. The topological polar surface area (TPSA) is 64.7 Å². The Labute approximate surface area is 142 Å². The van der Waals surface area contributed by atoms with Crippen molar-refractivity contribution in [3.63, 3.8) is 0 Å². The Balaban J connectivity index is 2.15. The highest BCUT2D eigenvalue weighted by Crippen LogP contribution is 2.36. The van der Waals surface area contributed by atoms with Crippen molar-refractivity contribution < 1.29 is 27.9 Å². The Hall–Kier alpha value is -2.93. The average molecular weight is 347 g/mol. The van der Waals surface area contributed by atoms with E-state index in [1.807, 2.05) is 0 Å². The van der Waals surface area contributed by atoms with Crippen LogP contribution in [-0.2, 0) is 6.61 Å². The number of ether oxygens (including phenoxy) is 2. The maximum atomic E-state index is 14.1. The maximum absolute atomic E-state index is 14.1. The molecule has 0 aliphatic heterocycles. The normalized spacial score (nSPS) is 10.8. The van der Waals surface area contributed by atoms with E-state index >= 15 is 0 Å². The number of hydrogen-bond acceptors (Lipinski definition) is 5. The van der Waals surface area contributed by atoms with Gasteiger partial charge in [0.05, 0.1) is 26.4 Å². The number of benzene rings is 2. The Kier molecular flexibility index (Phi) is 4.67. The second-order valence-electron chi connectivity index (χ2n) is 5.22. The zero-order chi connectivity index (χ0) is 18.0. The van der Waals surface area contributed by atoms with Crippen LogP contribution >= 0.6 is 0 Å². The standard InChI is InChI=1S/C18H15F2NO4/c1-23-12-5-10(6-13(8-12)24-2)18-15(9-22)17(21-25-18)14-4-3-11(19)7-16(14)20/h3-8,22H,9H2,1-2H3. The summed E-state index contributed by atoms with van der Waals surface area (Å²) in [6.07, 6.45) is 0. The van der Waals surface area contributed by atoms with Crippen molar-refractivity contribution in [2.45, 2.75) is 6.61 Å². The van der Waals surface area contributed by atoms with E-state index in [0.29, 0.717) is 17.1 Å². The van der Waals surface area contributed by atoms with Crippen LogP contribution in [0.1, 0.15) is 5.56 Å².